The quantitative estimate of drug-likeness (QED) is 0.885. The summed E-state index contributed by atoms with van der Waals surface area (Å²) < 4.78 is 0. The summed E-state index contributed by atoms with van der Waals surface area (Å²) in [5.41, 5.74) is 1.34. The molecule has 19 heavy (non-hydrogen) atoms. The molecule has 4 heteroatoms. The van der Waals surface area contributed by atoms with Crippen molar-refractivity contribution in [2.75, 3.05) is 5.32 Å². The maximum atomic E-state index is 12.0. The predicted molar refractivity (Wildman–Crippen MR) is 75.9 cm³/mol. The number of aromatic nitrogens is 1. The van der Waals surface area contributed by atoms with Gasteiger partial charge in [0, 0.05) is 18.1 Å². The fraction of sp³-hybridized carbons (Fsp3) is 0.200. The molecule has 0 radical (unpaired) electrons. The number of urea groups is 1. The van der Waals surface area contributed by atoms with Crippen LogP contribution in [-0.4, -0.2) is 11.0 Å². The summed E-state index contributed by atoms with van der Waals surface area (Å²) in [6.45, 7) is 3.93. The van der Waals surface area contributed by atoms with Crippen molar-refractivity contribution < 1.29 is 4.79 Å². The zero-order chi connectivity index (χ0) is 13.7. The van der Waals surface area contributed by atoms with Crippen LogP contribution in [0.1, 0.15) is 19.4 Å². The van der Waals surface area contributed by atoms with Crippen molar-refractivity contribution in [1.29, 1.82) is 0 Å². The fourth-order valence-corrected chi connectivity index (χ4v) is 1.81. The van der Waals surface area contributed by atoms with Crippen LogP contribution < -0.4 is 10.6 Å². The van der Waals surface area contributed by atoms with Crippen molar-refractivity contribution in [3.8, 4) is 0 Å². The Morgan fingerprint density at radius 3 is 2.32 bits per heavy atom. The molecule has 1 aromatic heterocycles. The van der Waals surface area contributed by atoms with Gasteiger partial charge in [0.1, 0.15) is 0 Å². The first kappa shape index (κ1) is 13.1. The summed E-state index contributed by atoms with van der Waals surface area (Å²) >= 11 is 0. The molecule has 0 atom stereocenters. The number of hydrogen-bond donors (Lipinski definition) is 2. The number of carbonyl (C=O) groups is 1. The molecule has 4 nitrogen and oxygen atoms in total. The molecule has 1 heterocycles. The summed E-state index contributed by atoms with van der Waals surface area (Å²) in [6.07, 6.45) is 3.27. The first-order chi connectivity index (χ1) is 9.08. The molecule has 0 aliphatic carbocycles. The molecule has 0 aliphatic rings. The number of nitrogens with zero attached hydrogens (tertiary/aromatic N) is 1. The number of amides is 2. The topological polar surface area (TPSA) is 54.0 Å². The van der Waals surface area contributed by atoms with Crippen molar-refractivity contribution in [2.24, 2.45) is 0 Å². The monoisotopic (exact) mass is 255 g/mol. The number of rotatable bonds is 3. The molecule has 0 spiro atoms. The first-order valence-corrected chi connectivity index (χ1v) is 6.13. The second-order valence-electron chi connectivity index (χ2n) is 4.81. The number of hydrogen-bond acceptors (Lipinski definition) is 2. The van der Waals surface area contributed by atoms with Crippen LogP contribution in [0, 0.1) is 0 Å². The minimum Gasteiger partial charge on any atom is -0.329 e. The van der Waals surface area contributed by atoms with E-state index in [1.165, 1.54) is 0 Å². The van der Waals surface area contributed by atoms with Crippen LogP contribution in [0.15, 0.2) is 54.9 Å². The van der Waals surface area contributed by atoms with Gasteiger partial charge < -0.3 is 10.6 Å². The highest BCUT2D eigenvalue weighted by Gasteiger charge is 2.22. The van der Waals surface area contributed by atoms with Gasteiger partial charge in [-0.1, -0.05) is 30.3 Å². The predicted octanol–water partition coefficient (Wildman–Crippen LogP) is 3.14. The highest BCUT2D eigenvalue weighted by Crippen LogP contribution is 2.19. The van der Waals surface area contributed by atoms with E-state index in [1.807, 2.05) is 44.2 Å². The molecule has 0 fully saturated rings. The van der Waals surface area contributed by atoms with Gasteiger partial charge in [0.2, 0.25) is 0 Å². The molecule has 0 unspecified atom stereocenters. The third-order valence-corrected chi connectivity index (χ3v) is 2.86. The van der Waals surface area contributed by atoms with E-state index in [-0.39, 0.29) is 6.03 Å². The lowest BCUT2D eigenvalue weighted by Crippen LogP contribution is -2.43. The van der Waals surface area contributed by atoms with Crippen LogP contribution in [0.3, 0.4) is 0 Å². The number of benzene rings is 1. The molecule has 1 aromatic carbocycles. The highest BCUT2D eigenvalue weighted by atomic mass is 16.2. The maximum absolute atomic E-state index is 12.0. The van der Waals surface area contributed by atoms with Gasteiger partial charge in [0.05, 0.1) is 5.54 Å². The largest absolute Gasteiger partial charge is 0.329 e. The third kappa shape index (κ3) is 3.55. The average molecular weight is 255 g/mol. The molecule has 2 rings (SSSR count). The number of pyridine rings is 1. The van der Waals surface area contributed by atoms with Crippen LogP contribution in [0.5, 0.6) is 0 Å². The lowest BCUT2D eigenvalue weighted by atomic mass is 9.95. The Hall–Kier alpha value is -2.36. The smallest absolute Gasteiger partial charge is 0.319 e. The van der Waals surface area contributed by atoms with Crippen LogP contribution in [0.25, 0.3) is 0 Å². The third-order valence-electron chi connectivity index (χ3n) is 2.86. The highest BCUT2D eigenvalue weighted by molar-refractivity contribution is 5.89. The Bertz CT molecular complexity index is 538. The summed E-state index contributed by atoms with van der Waals surface area (Å²) in [4.78, 5) is 15.9. The number of anilines is 1. The molecule has 2 N–H and O–H groups in total. The van der Waals surface area contributed by atoms with Gasteiger partial charge in [-0.2, -0.15) is 0 Å². The summed E-state index contributed by atoms with van der Waals surface area (Å²) in [6, 6.07) is 13.1. The van der Waals surface area contributed by atoms with E-state index >= 15 is 0 Å². The summed E-state index contributed by atoms with van der Waals surface area (Å²) in [5, 5.41) is 5.73. The summed E-state index contributed by atoms with van der Waals surface area (Å²) in [5.74, 6) is 0. The SMILES string of the molecule is CC(C)(NC(=O)Nc1ccncc1)c1ccccc1. The Labute approximate surface area is 112 Å². The molecule has 0 saturated heterocycles. The Kier molecular flexibility index (Phi) is 3.80. The zero-order valence-corrected chi connectivity index (χ0v) is 11.1. The Morgan fingerprint density at radius 2 is 1.68 bits per heavy atom. The van der Waals surface area contributed by atoms with Crippen molar-refractivity contribution in [3.63, 3.8) is 0 Å². The second-order valence-corrected chi connectivity index (χ2v) is 4.81. The standard InChI is InChI=1S/C15H17N3O/c1-15(2,12-6-4-3-5-7-12)18-14(19)17-13-8-10-16-11-9-13/h3-11H,1-2H3,(H2,16,17,18,19). The van der Waals surface area contributed by atoms with Gasteiger partial charge >= 0.3 is 6.03 Å². The van der Waals surface area contributed by atoms with E-state index in [0.29, 0.717) is 0 Å². The molecule has 2 aromatic rings. The number of carbonyl (C=O) groups excluding carboxylic acids is 1. The van der Waals surface area contributed by atoms with E-state index in [4.69, 9.17) is 0 Å². The van der Waals surface area contributed by atoms with E-state index in [1.54, 1.807) is 24.5 Å². The van der Waals surface area contributed by atoms with E-state index in [0.717, 1.165) is 11.3 Å². The van der Waals surface area contributed by atoms with E-state index in [9.17, 15) is 4.79 Å². The normalized spacial score (nSPS) is 10.8. The van der Waals surface area contributed by atoms with Crippen LogP contribution >= 0.6 is 0 Å². The van der Waals surface area contributed by atoms with E-state index < -0.39 is 5.54 Å². The van der Waals surface area contributed by atoms with Crippen molar-refractivity contribution >= 4 is 11.7 Å². The molecular weight excluding hydrogens is 238 g/mol. The van der Waals surface area contributed by atoms with Gasteiger partial charge in [0.15, 0.2) is 0 Å². The summed E-state index contributed by atoms with van der Waals surface area (Å²) in [7, 11) is 0. The first-order valence-electron chi connectivity index (χ1n) is 6.13. The zero-order valence-electron chi connectivity index (χ0n) is 11.1. The van der Waals surface area contributed by atoms with Crippen molar-refractivity contribution in [3.05, 3.63) is 60.4 Å². The van der Waals surface area contributed by atoms with Gasteiger partial charge in [-0.3, -0.25) is 4.98 Å². The van der Waals surface area contributed by atoms with Gasteiger partial charge in [0.25, 0.3) is 0 Å². The molecule has 98 valence electrons. The van der Waals surface area contributed by atoms with Crippen LogP contribution in [-0.2, 0) is 5.54 Å². The molecule has 2 amide bonds. The average Bonchev–Trinajstić information content (AvgIpc) is 2.40. The van der Waals surface area contributed by atoms with Crippen molar-refractivity contribution in [1.82, 2.24) is 10.3 Å². The minimum absolute atomic E-state index is 0.236. The molecular formula is C15H17N3O. The molecule has 0 saturated carbocycles. The molecule has 0 bridgehead atoms. The Balaban J connectivity index is 2.02. The van der Waals surface area contributed by atoms with Crippen LogP contribution in [0.4, 0.5) is 10.5 Å². The van der Waals surface area contributed by atoms with Crippen molar-refractivity contribution in [2.45, 2.75) is 19.4 Å². The Morgan fingerprint density at radius 1 is 1.05 bits per heavy atom. The maximum Gasteiger partial charge on any atom is 0.319 e. The van der Waals surface area contributed by atoms with Crippen LogP contribution in [0.2, 0.25) is 0 Å². The number of nitrogens with one attached hydrogen (secondary N) is 2. The second kappa shape index (κ2) is 5.52. The van der Waals surface area contributed by atoms with Gasteiger partial charge in [-0.05, 0) is 31.5 Å². The van der Waals surface area contributed by atoms with Gasteiger partial charge in [-0.15, -0.1) is 0 Å². The van der Waals surface area contributed by atoms with E-state index in [2.05, 4.69) is 15.6 Å². The minimum atomic E-state index is -0.432. The fourth-order valence-electron chi connectivity index (χ4n) is 1.81. The van der Waals surface area contributed by atoms with Gasteiger partial charge in [-0.25, -0.2) is 4.79 Å². The lowest BCUT2D eigenvalue weighted by Gasteiger charge is -2.27. The lowest BCUT2D eigenvalue weighted by molar-refractivity contribution is 0.242. The molecule has 0 aliphatic heterocycles.